The van der Waals surface area contributed by atoms with E-state index in [2.05, 4.69) is 20.4 Å². The van der Waals surface area contributed by atoms with E-state index in [-0.39, 0.29) is 35.1 Å². The third-order valence-corrected chi connectivity index (χ3v) is 5.94. The summed E-state index contributed by atoms with van der Waals surface area (Å²) < 4.78 is 11.1. The van der Waals surface area contributed by atoms with Gasteiger partial charge in [-0.05, 0) is 50.0 Å². The van der Waals surface area contributed by atoms with Crippen molar-refractivity contribution in [1.29, 1.82) is 0 Å². The maximum atomic E-state index is 12.8. The molecular formula is C19H24O4. The van der Waals surface area contributed by atoms with Gasteiger partial charge in [-0.2, -0.15) is 0 Å². The van der Waals surface area contributed by atoms with Gasteiger partial charge in [-0.3, -0.25) is 4.79 Å². The molecule has 3 rings (SSSR count). The molecule has 4 heteroatoms. The lowest BCUT2D eigenvalue weighted by molar-refractivity contribution is -0.154. The molecule has 2 aliphatic carbocycles. The van der Waals surface area contributed by atoms with Gasteiger partial charge >= 0.3 is 5.97 Å². The van der Waals surface area contributed by atoms with Crippen LogP contribution in [0.25, 0.3) is 0 Å². The topological polar surface area (TPSA) is 56.5 Å². The summed E-state index contributed by atoms with van der Waals surface area (Å²) in [5.41, 5.74) is 2.25. The van der Waals surface area contributed by atoms with Crippen molar-refractivity contribution in [1.82, 2.24) is 0 Å². The van der Waals surface area contributed by atoms with E-state index >= 15 is 0 Å². The first-order valence-corrected chi connectivity index (χ1v) is 8.23. The smallest absolute Gasteiger partial charge is 0.333 e. The number of Topliss-reactive ketones (excluding diaryl/α,β-unsaturated/α-hetero) is 1. The molecule has 2 aliphatic rings. The zero-order valence-corrected chi connectivity index (χ0v) is 14.3. The zero-order valence-electron chi connectivity index (χ0n) is 14.3. The van der Waals surface area contributed by atoms with Gasteiger partial charge in [0.25, 0.3) is 0 Å². The molecule has 4 atom stereocenters. The highest BCUT2D eigenvalue weighted by Crippen LogP contribution is 2.53. The van der Waals surface area contributed by atoms with E-state index in [1.807, 2.05) is 6.92 Å². The molecule has 0 bridgehead atoms. The molecule has 1 heterocycles. The Hall–Kier alpha value is -1.84. The molecule has 0 unspecified atom stereocenters. The number of hydrogen-bond donors (Lipinski definition) is 0. The van der Waals surface area contributed by atoms with E-state index in [9.17, 15) is 9.59 Å². The number of esters is 1. The summed E-state index contributed by atoms with van der Waals surface area (Å²) in [7, 11) is 0. The molecule has 1 aromatic rings. The Bertz CT molecular complexity index is 684. The number of ketones is 1. The predicted octanol–water partition coefficient (Wildman–Crippen LogP) is 3.87. The van der Waals surface area contributed by atoms with Gasteiger partial charge < -0.3 is 9.15 Å². The third-order valence-electron chi connectivity index (χ3n) is 5.94. The number of furan rings is 1. The van der Waals surface area contributed by atoms with Crippen LogP contribution in [0, 0.1) is 24.2 Å². The zero-order chi connectivity index (χ0) is 16.9. The van der Waals surface area contributed by atoms with Crippen LogP contribution < -0.4 is 0 Å². The summed E-state index contributed by atoms with van der Waals surface area (Å²) in [6.45, 7) is 11.5. The van der Waals surface area contributed by atoms with Crippen LogP contribution in [0.3, 0.4) is 0 Å². The standard InChI is InChI=1S/C19H24O4/c1-10(2)18(21)23-15-7-6-14-16(20)17-13(11(3)9-22-17)8-19(14,5)12(15)4/h9,12,14-15H,1,6-8H2,2-5H3/t12-,14-,15+,19+/m0/s1. The minimum absolute atomic E-state index is 0.0599. The van der Waals surface area contributed by atoms with Gasteiger partial charge in [0, 0.05) is 17.1 Å². The fourth-order valence-corrected chi connectivity index (χ4v) is 4.20. The molecule has 0 radical (unpaired) electrons. The van der Waals surface area contributed by atoms with Crippen molar-refractivity contribution < 1.29 is 18.7 Å². The van der Waals surface area contributed by atoms with Crippen LogP contribution in [-0.2, 0) is 16.0 Å². The van der Waals surface area contributed by atoms with Crippen LogP contribution in [0.2, 0.25) is 0 Å². The Morgan fingerprint density at radius 1 is 1.43 bits per heavy atom. The second-order valence-electron chi connectivity index (χ2n) is 7.42. The van der Waals surface area contributed by atoms with Crippen molar-refractivity contribution in [3.8, 4) is 0 Å². The number of carbonyl (C=O) groups excluding carboxylic acids is 2. The van der Waals surface area contributed by atoms with Crippen LogP contribution >= 0.6 is 0 Å². The van der Waals surface area contributed by atoms with Gasteiger partial charge in [-0.1, -0.05) is 20.4 Å². The molecule has 0 spiro atoms. The maximum Gasteiger partial charge on any atom is 0.333 e. The molecule has 0 N–H and O–H groups in total. The molecule has 1 saturated carbocycles. The van der Waals surface area contributed by atoms with Crippen LogP contribution in [0.4, 0.5) is 0 Å². The lowest BCUT2D eigenvalue weighted by atomic mass is 9.54. The number of hydrogen-bond acceptors (Lipinski definition) is 4. The number of ether oxygens (including phenoxy) is 1. The Balaban J connectivity index is 1.91. The van der Waals surface area contributed by atoms with Crippen molar-refractivity contribution in [2.75, 3.05) is 0 Å². The average molecular weight is 316 g/mol. The summed E-state index contributed by atoms with van der Waals surface area (Å²) in [5.74, 6) is 0.352. The first-order chi connectivity index (χ1) is 10.8. The second kappa shape index (κ2) is 5.36. The molecule has 124 valence electrons. The van der Waals surface area contributed by atoms with Crippen molar-refractivity contribution >= 4 is 11.8 Å². The summed E-state index contributed by atoms with van der Waals surface area (Å²) >= 11 is 0. The molecule has 0 amide bonds. The van der Waals surface area contributed by atoms with Gasteiger partial charge in [0.2, 0.25) is 5.78 Å². The number of carbonyl (C=O) groups is 2. The van der Waals surface area contributed by atoms with Crippen molar-refractivity contribution in [3.05, 3.63) is 35.3 Å². The van der Waals surface area contributed by atoms with Crippen LogP contribution in [0.1, 0.15) is 55.3 Å². The fourth-order valence-electron chi connectivity index (χ4n) is 4.20. The van der Waals surface area contributed by atoms with Crippen LogP contribution in [0.5, 0.6) is 0 Å². The van der Waals surface area contributed by atoms with E-state index in [0.717, 1.165) is 24.0 Å². The monoisotopic (exact) mass is 316 g/mol. The molecule has 0 saturated heterocycles. The van der Waals surface area contributed by atoms with Crippen LogP contribution in [0.15, 0.2) is 22.8 Å². The Kier molecular flexibility index (Phi) is 3.74. The van der Waals surface area contributed by atoms with Crippen molar-refractivity contribution in [3.63, 3.8) is 0 Å². The Morgan fingerprint density at radius 2 is 2.13 bits per heavy atom. The molecule has 23 heavy (non-hydrogen) atoms. The van der Waals surface area contributed by atoms with Gasteiger partial charge in [0.15, 0.2) is 5.76 Å². The summed E-state index contributed by atoms with van der Waals surface area (Å²) in [6, 6.07) is 0. The molecule has 0 aliphatic heterocycles. The van der Waals surface area contributed by atoms with Gasteiger partial charge in [0.1, 0.15) is 6.10 Å². The first-order valence-electron chi connectivity index (χ1n) is 8.23. The molecule has 0 aromatic carbocycles. The number of fused-ring (bicyclic) bond motifs is 2. The van der Waals surface area contributed by atoms with Gasteiger partial charge in [0.05, 0.1) is 6.26 Å². The largest absolute Gasteiger partial charge is 0.461 e. The predicted molar refractivity (Wildman–Crippen MR) is 86.2 cm³/mol. The normalized spacial score (nSPS) is 32.9. The van der Waals surface area contributed by atoms with Crippen molar-refractivity contribution in [2.24, 2.45) is 17.3 Å². The Labute approximate surface area is 136 Å². The van der Waals surface area contributed by atoms with Crippen molar-refractivity contribution in [2.45, 2.75) is 53.1 Å². The lowest BCUT2D eigenvalue weighted by Gasteiger charge is -2.50. The lowest BCUT2D eigenvalue weighted by Crippen LogP contribution is -2.52. The summed E-state index contributed by atoms with van der Waals surface area (Å²) in [4.78, 5) is 24.7. The Morgan fingerprint density at radius 3 is 2.78 bits per heavy atom. The van der Waals surface area contributed by atoms with E-state index in [0.29, 0.717) is 17.8 Å². The van der Waals surface area contributed by atoms with Gasteiger partial charge in [-0.25, -0.2) is 4.79 Å². The molecule has 1 aromatic heterocycles. The van der Waals surface area contributed by atoms with E-state index < -0.39 is 0 Å². The minimum atomic E-state index is -0.341. The SMILES string of the molecule is C=C(C)C(=O)O[C@@H]1CC[C@H]2C(=O)c3occ(C)c3C[C@]2(C)[C@H]1C. The number of rotatable bonds is 2. The second-order valence-corrected chi connectivity index (χ2v) is 7.42. The first kappa shape index (κ1) is 16.0. The third kappa shape index (κ3) is 2.35. The highest BCUT2D eigenvalue weighted by Gasteiger charge is 2.54. The maximum absolute atomic E-state index is 12.8. The quantitative estimate of drug-likeness (QED) is 0.614. The summed E-state index contributed by atoms with van der Waals surface area (Å²) in [5, 5.41) is 0. The highest BCUT2D eigenvalue weighted by atomic mass is 16.5. The van der Waals surface area contributed by atoms with E-state index in [1.165, 1.54) is 0 Å². The van der Waals surface area contributed by atoms with Gasteiger partial charge in [-0.15, -0.1) is 0 Å². The minimum Gasteiger partial charge on any atom is -0.461 e. The van der Waals surface area contributed by atoms with E-state index in [1.54, 1.807) is 13.2 Å². The highest BCUT2D eigenvalue weighted by molar-refractivity contribution is 5.99. The molecule has 1 fully saturated rings. The fraction of sp³-hybridized carbons (Fsp3) is 0.579. The number of aryl methyl sites for hydroxylation is 1. The van der Waals surface area contributed by atoms with E-state index in [4.69, 9.17) is 9.15 Å². The average Bonchev–Trinajstić information content (AvgIpc) is 2.85. The molecule has 4 nitrogen and oxygen atoms in total. The summed E-state index contributed by atoms with van der Waals surface area (Å²) in [6.07, 6.45) is 3.74. The molecular weight excluding hydrogens is 292 g/mol. The van der Waals surface area contributed by atoms with Crippen LogP contribution in [-0.4, -0.2) is 17.9 Å².